The third kappa shape index (κ3) is 5.37. The average molecular weight is 283 g/mol. The summed E-state index contributed by atoms with van der Waals surface area (Å²) >= 11 is 0. The van der Waals surface area contributed by atoms with E-state index in [4.69, 9.17) is 0 Å². The highest BCUT2D eigenvalue weighted by molar-refractivity contribution is 4.87. The summed E-state index contributed by atoms with van der Waals surface area (Å²) < 4.78 is 0. The molecule has 2 heteroatoms. The van der Waals surface area contributed by atoms with Gasteiger partial charge in [-0.15, -0.1) is 0 Å². The number of nitrogens with zero attached hydrogens (tertiary/aromatic N) is 1. The molecule has 2 nitrogen and oxygen atoms in total. The monoisotopic (exact) mass is 282 g/mol. The second-order valence-electron chi connectivity index (χ2n) is 8.58. The lowest BCUT2D eigenvalue weighted by molar-refractivity contribution is 0.0735. The van der Waals surface area contributed by atoms with Gasteiger partial charge in [0.15, 0.2) is 0 Å². The summed E-state index contributed by atoms with van der Waals surface area (Å²) in [6.07, 6.45) is 3.96. The predicted molar refractivity (Wildman–Crippen MR) is 90.2 cm³/mol. The van der Waals surface area contributed by atoms with Crippen LogP contribution in [0.5, 0.6) is 0 Å². The van der Waals surface area contributed by atoms with Gasteiger partial charge in [-0.25, -0.2) is 0 Å². The van der Waals surface area contributed by atoms with E-state index in [0.717, 1.165) is 12.5 Å². The fourth-order valence-electron chi connectivity index (χ4n) is 3.31. The third-order valence-electron chi connectivity index (χ3n) is 5.32. The largest absolute Gasteiger partial charge is 0.314 e. The van der Waals surface area contributed by atoms with E-state index in [2.05, 4.69) is 58.7 Å². The lowest BCUT2D eigenvalue weighted by Gasteiger charge is -2.43. The van der Waals surface area contributed by atoms with Crippen LogP contribution in [0.1, 0.15) is 67.7 Å². The van der Waals surface area contributed by atoms with Crippen LogP contribution in [0.15, 0.2) is 0 Å². The summed E-state index contributed by atoms with van der Waals surface area (Å²) in [5, 5.41) is 3.67. The number of piperidine rings is 1. The maximum absolute atomic E-state index is 3.67. The molecule has 1 rings (SSSR count). The molecule has 1 unspecified atom stereocenters. The molecule has 0 spiro atoms. The number of likely N-dealkylation sites (tertiary alicyclic amines) is 1. The highest BCUT2D eigenvalue weighted by atomic mass is 15.1. The summed E-state index contributed by atoms with van der Waals surface area (Å²) in [6, 6.07) is 0.586. The lowest BCUT2D eigenvalue weighted by Crippen LogP contribution is -2.49. The minimum absolute atomic E-state index is 0.351. The van der Waals surface area contributed by atoms with Crippen LogP contribution in [-0.2, 0) is 0 Å². The molecular weight excluding hydrogens is 244 g/mol. The Morgan fingerprint density at radius 2 is 1.65 bits per heavy atom. The Morgan fingerprint density at radius 3 is 2.10 bits per heavy atom. The average Bonchev–Trinajstić information content (AvgIpc) is 2.34. The number of nitrogens with one attached hydrogen (secondary N) is 1. The van der Waals surface area contributed by atoms with Gasteiger partial charge in [-0.2, -0.15) is 0 Å². The van der Waals surface area contributed by atoms with E-state index in [0.29, 0.717) is 16.9 Å². The van der Waals surface area contributed by atoms with Crippen molar-refractivity contribution in [2.24, 2.45) is 16.7 Å². The first-order valence-corrected chi connectivity index (χ1v) is 8.62. The molecule has 0 radical (unpaired) electrons. The van der Waals surface area contributed by atoms with Crippen LogP contribution in [0, 0.1) is 16.7 Å². The number of rotatable bonds is 6. The first-order chi connectivity index (χ1) is 9.16. The fourth-order valence-corrected chi connectivity index (χ4v) is 3.31. The van der Waals surface area contributed by atoms with E-state index in [1.54, 1.807) is 0 Å². The zero-order valence-corrected chi connectivity index (χ0v) is 15.1. The summed E-state index contributed by atoms with van der Waals surface area (Å²) in [7, 11) is 0. The van der Waals surface area contributed by atoms with Crippen molar-refractivity contribution in [2.75, 3.05) is 26.2 Å². The summed E-state index contributed by atoms with van der Waals surface area (Å²) in [5.74, 6) is 0.900. The number of hydrogen-bond acceptors (Lipinski definition) is 2. The number of hydrogen-bond donors (Lipinski definition) is 1. The molecule has 0 aromatic rings. The molecule has 20 heavy (non-hydrogen) atoms. The standard InChI is InChI=1S/C18H38N2/c1-8-11-19-15(2)18(6,7)14-20-12-9-16(10-13-20)17(3,4)5/h15-16,19H,8-14H2,1-7H3. The molecule has 120 valence electrons. The van der Waals surface area contributed by atoms with E-state index in [9.17, 15) is 0 Å². The molecule has 1 aliphatic heterocycles. The molecular formula is C18H38N2. The molecule has 0 amide bonds. The van der Waals surface area contributed by atoms with Crippen LogP contribution in [-0.4, -0.2) is 37.1 Å². The van der Waals surface area contributed by atoms with Gasteiger partial charge in [0.25, 0.3) is 0 Å². The Kier molecular flexibility index (Phi) is 6.53. The van der Waals surface area contributed by atoms with Gasteiger partial charge in [0.1, 0.15) is 0 Å². The van der Waals surface area contributed by atoms with Crippen molar-refractivity contribution in [1.29, 1.82) is 0 Å². The van der Waals surface area contributed by atoms with Gasteiger partial charge in [0.2, 0.25) is 0 Å². The maximum atomic E-state index is 3.67. The lowest BCUT2D eigenvalue weighted by atomic mass is 9.75. The molecule has 1 fully saturated rings. The van der Waals surface area contributed by atoms with Crippen molar-refractivity contribution in [2.45, 2.75) is 73.8 Å². The van der Waals surface area contributed by atoms with Gasteiger partial charge in [0, 0.05) is 12.6 Å². The highest BCUT2D eigenvalue weighted by Crippen LogP contribution is 2.35. The Balaban J connectivity index is 2.42. The van der Waals surface area contributed by atoms with E-state index in [1.165, 1.54) is 38.9 Å². The smallest absolute Gasteiger partial charge is 0.0102 e. The Bertz CT molecular complexity index is 270. The minimum Gasteiger partial charge on any atom is -0.314 e. The molecule has 0 aromatic carbocycles. The topological polar surface area (TPSA) is 15.3 Å². The summed E-state index contributed by atoms with van der Waals surface area (Å²) in [5.41, 5.74) is 0.835. The quantitative estimate of drug-likeness (QED) is 0.787. The summed E-state index contributed by atoms with van der Waals surface area (Å²) in [4.78, 5) is 2.69. The molecule has 1 saturated heterocycles. The maximum Gasteiger partial charge on any atom is 0.0102 e. The van der Waals surface area contributed by atoms with Crippen molar-refractivity contribution < 1.29 is 0 Å². The van der Waals surface area contributed by atoms with Gasteiger partial charge in [-0.05, 0) is 62.6 Å². The molecule has 1 heterocycles. The van der Waals surface area contributed by atoms with E-state index >= 15 is 0 Å². The zero-order valence-electron chi connectivity index (χ0n) is 15.1. The second kappa shape index (κ2) is 7.26. The van der Waals surface area contributed by atoms with Gasteiger partial charge in [-0.3, -0.25) is 0 Å². The molecule has 0 aliphatic carbocycles. The van der Waals surface area contributed by atoms with E-state index in [1.807, 2.05) is 0 Å². The normalized spacial score (nSPS) is 21.1. The van der Waals surface area contributed by atoms with Crippen molar-refractivity contribution in [3.63, 3.8) is 0 Å². The highest BCUT2D eigenvalue weighted by Gasteiger charge is 2.32. The van der Waals surface area contributed by atoms with Crippen molar-refractivity contribution in [1.82, 2.24) is 10.2 Å². The first-order valence-electron chi connectivity index (χ1n) is 8.62. The molecule has 1 atom stereocenters. The Labute approximate surface area is 127 Å². The van der Waals surface area contributed by atoms with Gasteiger partial charge < -0.3 is 10.2 Å². The van der Waals surface area contributed by atoms with Gasteiger partial charge >= 0.3 is 0 Å². The van der Waals surface area contributed by atoms with E-state index in [-0.39, 0.29) is 0 Å². The van der Waals surface area contributed by atoms with Crippen LogP contribution in [0.25, 0.3) is 0 Å². The van der Waals surface area contributed by atoms with Gasteiger partial charge in [-0.1, -0.05) is 41.5 Å². The predicted octanol–water partition coefficient (Wildman–Crippen LogP) is 4.16. The Hall–Kier alpha value is -0.0800. The molecule has 1 N–H and O–H groups in total. The van der Waals surface area contributed by atoms with Crippen LogP contribution in [0.4, 0.5) is 0 Å². The van der Waals surface area contributed by atoms with Crippen molar-refractivity contribution in [3.8, 4) is 0 Å². The zero-order chi connectivity index (χ0) is 15.4. The summed E-state index contributed by atoms with van der Waals surface area (Å²) in [6.45, 7) is 21.5. The fraction of sp³-hybridized carbons (Fsp3) is 1.00. The Morgan fingerprint density at radius 1 is 1.10 bits per heavy atom. The van der Waals surface area contributed by atoms with Crippen LogP contribution in [0.2, 0.25) is 0 Å². The van der Waals surface area contributed by atoms with E-state index < -0.39 is 0 Å². The SMILES string of the molecule is CCCNC(C)C(C)(C)CN1CCC(C(C)(C)C)CC1. The van der Waals surface area contributed by atoms with Crippen molar-refractivity contribution >= 4 is 0 Å². The molecule has 1 aliphatic rings. The molecule has 0 bridgehead atoms. The van der Waals surface area contributed by atoms with Crippen molar-refractivity contribution in [3.05, 3.63) is 0 Å². The molecule has 0 saturated carbocycles. The van der Waals surface area contributed by atoms with Crippen LogP contribution >= 0.6 is 0 Å². The third-order valence-corrected chi connectivity index (χ3v) is 5.32. The minimum atomic E-state index is 0.351. The van der Waals surface area contributed by atoms with Crippen LogP contribution in [0.3, 0.4) is 0 Å². The van der Waals surface area contributed by atoms with Crippen LogP contribution < -0.4 is 5.32 Å². The second-order valence-corrected chi connectivity index (χ2v) is 8.58. The van der Waals surface area contributed by atoms with Gasteiger partial charge in [0.05, 0.1) is 0 Å². The first kappa shape index (κ1) is 18.0. The molecule has 0 aromatic heterocycles.